The number of carbonyl (C=O) groups excluding carboxylic acids is 1. The molecule has 0 aromatic heterocycles. The third-order valence-corrected chi connectivity index (χ3v) is 11.3. The number of piperidine rings is 1. The largest absolute Gasteiger partial charge is 0.339 e. The van der Waals surface area contributed by atoms with Crippen LogP contribution in [0.3, 0.4) is 0 Å². The van der Waals surface area contributed by atoms with E-state index in [0.717, 1.165) is 60.8 Å². The molecule has 0 bridgehead atoms. The first-order valence-corrected chi connectivity index (χ1v) is 13.9. The maximum Gasteiger partial charge on any atom is 0.222 e. The Morgan fingerprint density at radius 2 is 1.71 bits per heavy atom. The lowest BCUT2D eigenvalue weighted by molar-refractivity contribution is -0.170. The molecule has 3 aliphatic carbocycles. The van der Waals surface area contributed by atoms with Gasteiger partial charge in [-0.05, 0) is 97.7 Å². The van der Waals surface area contributed by atoms with E-state index in [-0.39, 0.29) is 0 Å². The highest BCUT2D eigenvalue weighted by atomic mass is 16.2. The number of carbonyl (C=O) groups is 1. The SMILES string of the molecule is CCN1C(=O)CC[C@]2(C)C3CC[C@]4(C)C(C(C)CCCC(C)C)CCC4C3[C@@H](C)CC12. The maximum absolute atomic E-state index is 12.7. The number of nitrogens with zero attached hydrogens (tertiary/aromatic N) is 1. The van der Waals surface area contributed by atoms with Crippen LogP contribution in [0.5, 0.6) is 0 Å². The summed E-state index contributed by atoms with van der Waals surface area (Å²) < 4.78 is 0. The number of amides is 1. The van der Waals surface area contributed by atoms with E-state index in [1.165, 1.54) is 51.4 Å². The van der Waals surface area contributed by atoms with Crippen molar-refractivity contribution in [1.29, 1.82) is 0 Å². The minimum Gasteiger partial charge on any atom is -0.339 e. The van der Waals surface area contributed by atoms with Crippen molar-refractivity contribution < 1.29 is 4.79 Å². The van der Waals surface area contributed by atoms with Gasteiger partial charge in [0.25, 0.3) is 0 Å². The second-order valence-corrected chi connectivity index (χ2v) is 13.2. The summed E-state index contributed by atoms with van der Waals surface area (Å²) in [5, 5.41) is 0. The van der Waals surface area contributed by atoms with Crippen LogP contribution in [0.25, 0.3) is 0 Å². The molecule has 9 atom stereocenters. The van der Waals surface area contributed by atoms with Gasteiger partial charge in [0.05, 0.1) is 0 Å². The van der Waals surface area contributed by atoms with Gasteiger partial charge in [-0.15, -0.1) is 0 Å². The normalized spacial score (nSPS) is 45.9. The third kappa shape index (κ3) is 3.80. The summed E-state index contributed by atoms with van der Waals surface area (Å²) in [4.78, 5) is 15.0. The maximum atomic E-state index is 12.7. The van der Waals surface area contributed by atoms with Gasteiger partial charge in [-0.3, -0.25) is 4.79 Å². The van der Waals surface area contributed by atoms with Crippen LogP contribution < -0.4 is 0 Å². The summed E-state index contributed by atoms with van der Waals surface area (Å²) in [6, 6.07) is 0.492. The van der Waals surface area contributed by atoms with E-state index in [1.807, 2.05) is 0 Å². The van der Waals surface area contributed by atoms with Gasteiger partial charge in [0.2, 0.25) is 5.91 Å². The average Bonchev–Trinajstić information content (AvgIpc) is 3.06. The smallest absolute Gasteiger partial charge is 0.222 e. The minimum absolute atomic E-state index is 0.351. The van der Waals surface area contributed by atoms with Crippen LogP contribution in [0, 0.1) is 52.3 Å². The lowest BCUT2D eigenvalue weighted by atomic mass is 9.44. The van der Waals surface area contributed by atoms with Gasteiger partial charge >= 0.3 is 0 Å². The number of likely N-dealkylation sites (tertiary alicyclic amines) is 1. The molecule has 31 heavy (non-hydrogen) atoms. The van der Waals surface area contributed by atoms with Gasteiger partial charge in [-0.2, -0.15) is 0 Å². The highest BCUT2D eigenvalue weighted by Crippen LogP contribution is 2.68. The van der Waals surface area contributed by atoms with Gasteiger partial charge in [0, 0.05) is 19.0 Å². The van der Waals surface area contributed by atoms with Crippen molar-refractivity contribution in [3.63, 3.8) is 0 Å². The van der Waals surface area contributed by atoms with Crippen molar-refractivity contribution in [2.45, 2.75) is 119 Å². The summed E-state index contributed by atoms with van der Waals surface area (Å²) in [7, 11) is 0. The molecule has 4 rings (SSSR count). The molecular formula is C29H51NO. The fourth-order valence-electron chi connectivity index (χ4n) is 9.73. The van der Waals surface area contributed by atoms with Crippen LogP contribution in [-0.4, -0.2) is 23.4 Å². The first kappa shape index (κ1) is 23.6. The van der Waals surface area contributed by atoms with Crippen molar-refractivity contribution in [1.82, 2.24) is 4.90 Å². The number of hydrogen-bond donors (Lipinski definition) is 0. The summed E-state index contributed by atoms with van der Waals surface area (Å²) in [5.74, 6) is 6.49. The van der Waals surface area contributed by atoms with Gasteiger partial charge in [-0.1, -0.05) is 60.8 Å². The Kier molecular flexibility index (Phi) is 6.61. The molecule has 3 saturated carbocycles. The molecule has 0 spiro atoms. The molecule has 1 saturated heterocycles. The molecule has 2 heteroatoms. The van der Waals surface area contributed by atoms with Gasteiger partial charge in [0.15, 0.2) is 0 Å². The van der Waals surface area contributed by atoms with Crippen molar-refractivity contribution in [3.8, 4) is 0 Å². The van der Waals surface area contributed by atoms with E-state index < -0.39 is 0 Å². The monoisotopic (exact) mass is 429 g/mol. The molecule has 2 nitrogen and oxygen atoms in total. The van der Waals surface area contributed by atoms with E-state index in [9.17, 15) is 4.79 Å². The predicted octanol–water partition coefficient (Wildman–Crippen LogP) is 7.56. The van der Waals surface area contributed by atoms with E-state index in [0.29, 0.717) is 22.8 Å². The number of hydrogen-bond acceptors (Lipinski definition) is 1. The van der Waals surface area contributed by atoms with Crippen molar-refractivity contribution in [2.24, 2.45) is 52.3 Å². The molecule has 6 unspecified atom stereocenters. The average molecular weight is 430 g/mol. The van der Waals surface area contributed by atoms with Crippen LogP contribution in [0.4, 0.5) is 0 Å². The van der Waals surface area contributed by atoms with E-state index in [1.54, 1.807) is 0 Å². The van der Waals surface area contributed by atoms with E-state index in [4.69, 9.17) is 0 Å². The van der Waals surface area contributed by atoms with Gasteiger partial charge in [-0.25, -0.2) is 0 Å². The van der Waals surface area contributed by atoms with Gasteiger partial charge in [0.1, 0.15) is 0 Å². The zero-order chi connectivity index (χ0) is 22.6. The lowest BCUT2D eigenvalue weighted by Crippen LogP contribution is -2.64. The molecule has 0 aromatic rings. The Balaban J connectivity index is 1.54. The summed E-state index contributed by atoms with van der Waals surface area (Å²) in [6.45, 7) is 18.3. The van der Waals surface area contributed by atoms with E-state index in [2.05, 4.69) is 53.4 Å². The Hall–Kier alpha value is -0.530. The minimum atomic E-state index is 0.351. The molecule has 0 aromatic carbocycles. The van der Waals surface area contributed by atoms with Crippen molar-refractivity contribution >= 4 is 5.91 Å². The molecule has 178 valence electrons. The molecular weight excluding hydrogens is 378 g/mol. The summed E-state index contributed by atoms with van der Waals surface area (Å²) >= 11 is 0. The first-order chi connectivity index (χ1) is 14.6. The second-order valence-electron chi connectivity index (χ2n) is 13.2. The molecule has 1 aliphatic heterocycles. The van der Waals surface area contributed by atoms with Crippen LogP contribution in [-0.2, 0) is 4.79 Å². The lowest BCUT2D eigenvalue weighted by Gasteiger charge is -2.64. The van der Waals surface area contributed by atoms with Crippen LogP contribution in [0.2, 0.25) is 0 Å². The highest BCUT2D eigenvalue weighted by Gasteiger charge is 2.63. The zero-order valence-electron chi connectivity index (χ0n) is 21.8. The summed E-state index contributed by atoms with van der Waals surface area (Å²) in [5.41, 5.74) is 0.911. The summed E-state index contributed by atoms with van der Waals surface area (Å²) in [6.07, 6.45) is 13.2. The highest BCUT2D eigenvalue weighted by molar-refractivity contribution is 5.77. The van der Waals surface area contributed by atoms with Gasteiger partial charge < -0.3 is 4.90 Å². The van der Waals surface area contributed by atoms with Crippen LogP contribution in [0.1, 0.15) is 113 Å². The predicted molar refractivity (Wildman–Crippen MR) is 131 cm³/mol. The standard InChI is InChI=1S/C29H51NO/c1-8-30-25-18-21(5)27-23-13-12-22(20(4)11-9-10-19(2)3)28(23,6)16-14-24(27)29(25,7)17-15-26(30)31/h19-25,27H,8-18H2,1-7H3/t20?,21-,22?,23?,24?,25?,27?,28+,29+/m0/s1. The Morgan fingerprint density at radius 3 is 2.39 bits per heavy atom. The van der Waals surface area contributed by atoms with Crippen molar-refractivity contribution in [3.05, 3.63) is 0 Å². The number of fused-ring (bicyclic) bond motifs is 5. The Morgan fingerprint density at radius 1 is 1.00 bits per heavy atom. The molecule has 1 amide bonds. The molecule has 1 heterocycles. The topological polar surface area (TPSA) is 20.3 Å². The Bertz CT molecular complexity index is 657. The fourth-order valence-corrected chi connectivity index (χ4v) is 9.73. The second kappa shape index (κ2) is 8.68. The molecule has 0 N–H and O–H groups in total. The van der Waals surface area contributed by atoms with Crippen molar-refractivity contribution in [2.75, 3.05) is 6.54 Å². The number of rotatable bonds is 6. The molecule has 4 aliphatic rings. The molecule has 4 fully saturated rings. The van der Waals surface area contributed by atoms with Crippen LogP contribution in [0.15, 0.2) is 0 Å². The zero-order valence-corrected chi connectivity index (χ0v) is 21.8. The molecule has 0 radical (unpaired) electrons. The fraction of sp³-hybridized carbons (Fsp3) is 0.966. The van der Waals surface area contributed by atoms with E-state index >= 15 is 0 Å². The quantitative estimate of drug-likeness (QED) is 0.426. The Labute approximate surface area is 193 Å². The van der Waals surface area contributed by atoms with Crippen LogP contribution >= 0.6 is 0 Å². The third-order valence-electron chi connectivity index (χ3n) is 11.3. The first-order valence-electron chi connectivity index (χ1n) is 13.9.